The molecule has 1 saturated carbocycles. The lowest BCUT2D eigenvalue weighted by Crippen LogP contribution is -2.30. The molecule has 0 aromatic carbocycles. The van der Waals surface area contributed by atoms with Crippen LogP contribution in [-0.4, -0.2) is 30.6 Å². The van der Waals surface area contributed by atoms with Crippen LogP contribution < -0.4 is 5.73 Å². The van der Waals surface area contributed by atoms with Crippen molar-refractivity contribution in [1.29, 1.82) is 0 Å². The zero-order valence-electron chi connectivity index (χ0n) is 6.04. The second-order valence-electron chi connectivity index (χ2n) is 3.33. The minimum absolute atomic E-state index is 0. The third-order valence-electron chi connectivity index (χ3n) is 2.38. The molecule has 2 aliphatic rings. The molecule has 0 radical (unpaired) electrons. The van der Waals surface area contributed by atoms with Crippen LogP contribution in [0, 0.1) is 5.92 Å². The van der Waals surface area contributed by atoms with E-state index in [1.54, 1.807) is 0 Å². The molecule has 2 atom stereocenters. The summed E-state index contributed by atoms with van der Waals surface area (Å²) < 4.78 is 0. The van der Waals surface area contributed by atoms with Gasteiger partial charge in [0.25, 0.3) is 0 Å². The van der Waals surface area contributed by atoms with Crippen molar-refractivity contribution >= 4 is 24.8 Å². The largest absolute Gasteiger partial charge is 0.324 e. The summed E-state index contributed by atoms with van der Waals surface area (Å²) in [6.45, 7) is 2.36. The van der Waals surface area contributed by atoms with Crippen LogP contribution in [0.25, 0.3) is 0 Å². The number of nitrogens with two attached hydrogens (primary N) is 1. The van der Waals surface area contributed by atoms with E-state index in [9.17, 15) is 0 Å². The van der Waals surface area contributed by atoms with Crippen molar-refractivity contribution in [3.05, 3.63) is 0 Å². The molecule has 0 bridgehead atoms. The van der Waals surface area contributed by atoms with Crippen molar-refractivity contribution < 1.29 is 0 Å². The monoisotopic (exact) mass is 184 g/mol. The van der Waals surface area contributed by atoms with Crippen molar-refractivity contribution in [1.82, 2.24) is 4.90 Å². The first kappa shape index (κ1) is 10.5. The zero-order valence-corrected chi connectivity index (χ0v) is 7.67. The summed E-state index contributed by atoms with van der Waals surface area (Å²) in [4.78, 5) is 2.31. The average molecular weight is 185 g/mol. The first-order valence-electron chi connectivity index (χ1n) is 3.18. The van der Waals surface area contributed by atoms with Gasteiger partial charge in [0.05, 0.1) is 0 Å². The Labute approximate surface area is 74.0 Å². The lowest BCUT2D eigenvalue weighted by molar-refractivity contribution is 0.363. The van der Waals surface area contributed by atoms with Crippen LogP contribution >= 0.6 is 24.8 Å². The number of likely N-dealkylation sites (tertiary alicyclic amines) is 1. The van der Waals surface area contributed by atoms with Gasteiger partial charge in [0.2, 0.25) is 0 Å². The van der Waals surface area contributed by atoms with E-state index in [-0.39, 0.29) is 30.4 Å². The quantitative estimate of drug-likeness (QED) is 0.595. The Kier molecular flexibility index (Phi) is 3.00. The molecule has 2 nitrogen and oxygen atoms in total. The Morgan fingerprint density at radius 3 is 2.30 bits per heavy atom. The molecule has 1 aliphatic carbocycles. The average Bonchev–Trinajstić information content (AvgIpc) is 2.07. The first-order valence-corrected chi connectivity index (χ1v) is 3.18. The molecular formula is C6H14Cl2N2. The number of hydrogen-bond acceptors (Lipinski definition) is 2. The van der Waals surface area contributed by atoms with Gasteiger partial charge in [0, 0.05) is 18.6 Å². The maximum atomic E-state index is 5.90. The smallest absolute Gasteiger partial charge is 0.0328 e. The molecule has 1 saturated heterocycles. The standard InChI is InChI=1S/C6H12N2.2ClH/c1-8-3-5-2-6(5,7)4-8;;/h5H,2-4,7H2,1H3;2*1H/t5-,6-;;/m1../s1. The third kappa shape index (κ3) is 1.40. The Hall–Kier alpha value is 0.500. The van der Waals surface area contributed by atoms with Gasteiger partial charge in [-0.1, -0.05) is 0 Å². The summed E-state index contributed by atoms with van der Waals surface area (Å²) in [5, 5.41) is 0. The summed E-state index contributed by atoms with van der Waals surface area (Å²) >= 11 is 0. The Bertz CT molecular complexity index is 131. The second-order valence-corrected chi connectivity index (χ2v) is 3.33. The molecule has 0 amide bonds. The van der Waals surface area contributed by atoms with Crippen LogP contribution in [0.4, 0.5) is 0 Å². The van der Waals surface area contributed by atoms with E-state index in [1.807, 2.05) is 0 Å². The van der Waals surface area contributed by atoms with Crippen LogP contribution in [-0.2, 0) is 0 Å². The molecule has 0 spiro atoms. The normalized spacial score (nSPS) is 43.2. The minimum atomic E-state index is 0. The Morgan fingerprint density at radius 2 is 2.10 bits per heavy atom. The lowest BCUT2D eigenvalue weighted by Gasteiger charge is -2.10. The SMILES string of the molecule is CN1C[C@H]2C[C@@]2(N)C1.Cl.Cl. The predicted molar refractivity (Wildman–Crippen MR) is 47.0 cm³/mol. The van der Waals surface area contributed by atoms with Gasteiger partial charge in [-0.05, 0) is 19.4 Å². The highest BCUT2D eigenvalue weighted by molar-refractivity contribution is 5.85. The molecule has 2 rings (SSSR count). The van der Waals surface area contributed by atoms with Gasteiger partial charge in [-0.25, -0.2) is 0 Å². The van der Waals surface area contributed by atoms with Crippen LogP contribution in [0.2, 0.25) is 0 Å². The minimum Gasteiger partial charge on any atom is -0.324 e. The van der Waals surface area contributed by atoms with Gasteiger partial charge in [-0.2, -0.15) is 0 Å². The number of fused-ring (bicyclic) bond motifs is 1. The van der Waals surface area contributed by atoms with Gasteiger partial charge in [-0.15, -0.1) is 24.8 Å². The molecule has 4 heteroatoms. The molecule has 1 heterocycles. The van der Waals surface area contributed by atoms with E-state index >= 15 is 0 Å². The van der Waals surface area contributed by atoms with Crippen molar-refractivity contribution in [3.8, 4) is 0 Å². The van der Waals surface area contributed by atoms with Crippen molar-refractivity contribution in [3.63, 3.8) is 0 Å². The summed E-state index contributed by atoms with van der Waals surface area (Å²) in [6, 6.07) is 0. The van der Waals surface area contributed by atoms with E-state index in [0.29, 0.717) is 0 Å². The van der Waals surface area contributed by atoms with Crippen LogP contribution in [0.3, 0.4) is 0 Å². The number of rotatable bonds is 0. The Balaban J connectivity index is 0.000000405. The van der Waals surface area contributed by atoms with Gasteiger partial charge in [0.15, 0.2) is 0 Å². The van der Waals surface area contributed by atoms with Gasteiger partial charge < -0.3 is 10.6 Å². The summed E-state index contributed by atoms with van der Waals surface area (Å²) in [5.41, 5.74) is 6.16. The third-order valence-corrected chi connectivity index (χ3v) is 2.38. The van der Waals surface area contributed by atoms with Crippen LogP contribution in [0.5, 0.6) is 0 Å². The molecule has 2 N–H and O–H groups in total. The maximum absolute atomic E-state index is 5.90. The number of piperidine rings is 1. The fourth-order valence-corrected chi connectivity index (χ4v) is 1.78. The van der Waals surface area contributed by atoms with E-state index in [4.69, 9.17) is 5.73 Å². The highest BCUT2D eigenvalue weighted by Gasteiger charge is 2.56. The second kappa shape index (κ2) is 2.86. The highest BCUT2D eigenvalue weighted by atomic mass is 35.5. The molecule has 1 aliphatic heterocycles. The Morgan fingerprint density at radius 1 is 1.50 bits per heavy atom. The maximum Gasteiger partial charge on any atom is 0.0328 e. The summed E-state index contributed by atoms with van der Waals surface area (Å²) in [5.74, 6) is 0.840. The van der Waals surface area contributed by atoms with E-state index < -0.39 is 0 Å². The molecule has 10 heavy (non-hydrogen) atoms. The van der Waals surface area contributed by atoms with Gasteiger partial charge in [0.1, 0.15) is 0 Å². The molecule has 0 aromatic rings. The van der Waals surface area contributed by atoms with Crippen LogP contribution in [0.1, 0.15) is 6.42 Å². The van der Waals surface area contributed by atoms with Crippen molar-refractivity contribution in [2.24, 2.45) is 11.7 Å². The highest BCUT2D eigenvalue weighted by Crippen LogP contribution is 2.46. The van der Waals surface area contributed by atoms with E-state index in [2.05, 4.69) is 11.9 Å². The zero-order chi connectivity index (χ0) is 5.78. The topological polar surface area (TPSA) is 29.3 Å². The fourth-order valence-electron chi connectivity index (χ4n) is 1.78. The number of hydrogen-bond donors (Lipinski definition) is 1. The van der Waals surface area contributed by atoms with Gasteiger partial charge >= 0.3 is 0 Å². The summed E-state index contributed by atoms with van der Waals surface area (Å²) in [6.07, 6.45) is 1.28. The van der Waals surface area contributed by atoms with Crippen molar-refractivity contribution in [2.75, 3.05) is 20.1 Å². The predicted octanol–water partition coefficient (Wildman–Crippen LogP) is 0.493. The number of nitrogens with zero attached hydrogens (tertiary/aromatic N) is 1. The molecule has 0 aromatic heterocycles. The van der Waals surface area contributed by atoms with Crippen molar-refractivity contribution in [2.45, 2.75) is 12.0 Å². The molecule has 2 fully saturated rings. The number of halogens is 2. The molecule has 0 unspecified atom stereocenters. The van der Waals surface area contributed by atoms with Gasteiger partial charge in [-0.3, -0.25) is 0 Å². The van der Waals surface area contributed by atoms with E-state index in [1.165, 1.54) is 13.0 Å². The number of likely N-dealkylation sites (N-methyl/N-ethyl adjacent to an activating group) is 1. The molecule has 62 valence electrons. The lowest BCUT2D eigenvalue weighted by atomic mass is 10.3. The first-order chi connectivity index (χ1) is 3.71. The van der Waals surface area contributed by atoms with Crippen LogP contribution in [0.15, 0.2) is 0 Å². The van der Waals surface area contributed by atoms with E-state index in [0.717, 1.165) is 12.5 Å². The summed E-state index contributed by atoms with van der Waals surface area (Å²) in [7, 11) is 2.14. The molecular weight excluding hydrogens is 171 g/mol. The fraction of sp³-hybridized carbons (Fsp3) is 1.00.